The predicted molar refractivity (Wildman–Crippen MR) is 52.8 cm³/mol. The Morgan fingerprint density at radius 2 is 2.57 bits per heavy atom. The number of hydrogen-bond acceptors (Lipinski definition) is 4. The lowest BCUT2D eigenvalue weighted by atomic mass is 10.2. The second-order valence-electron chi connectivity index (χ2n) is 3.70. The molecule has 1 aromatic heterocycles. The number of aliphatic hydroxyl groups excluding tert-OH is 1. The molecule has 0 spiro atoms. The molecule has 2 atom stereocenters. The van der Waals surface area contributed by atoms with Gasteiger partial charge in [-0.3, -0.25) is 0 Å². The van der Waals surface area contributed by atoms with Crippen LogP contribution >= 0.6 is 0 Å². The third-order valence-electron chi connectivity index (χ3n) is 2.47. The smallest absolute Gasteiger partial charge is 0.117 e. The Bertz CT molecular complexity index is 261. The van der Waals surface area contributed by atoms with Crippen LogP contribution in [0.3, 0.4) is 0 Å². The molecule has 1 saturated heterocycles. The summed E-state index contributed by atoms with van der Waals surface area (Å²) in [5, 5.41) is 15.8. The lowest BCUT2D eigenvalue weighted by Crippen LogP contribution is -2.33. The normalized spacial score (nSPS) is 26.9. The fourth-order valence-electron chi connectivity index (χ4n) is 1.74. The van der Waals surface area contributed by atoms with E-state index < -0.39 is 0 Å². The minimum absolute atomic E-state index is 0.176. The molecule has 0 amide bonds. The summed E-state index contributed by atoms with van der Waals surface area (Å²) in [6, 6.07) is 4.22. The number of furan rings is 1. The number of β-amino-alcohol motifs (C(OH)–C–C–N with tert-alkyl or cyclic N) is 1. The van der Waals surface area contributed by atoms with E-state index in [0.29, 0.717) is 12.6 Å². The molecular formula is C10H16N2O2. The quantitative estimate of drug-likeness (QED) is 0.639. The Morgan fingerprint density at radius 3 is 3.21 bits per heavy atom. The van der Waals surface area contributed by atoms with Gasteiger partial charge in [0.05, 0.1) is 18.9 Å². The zero-order valence-corrected chi connectivity index (χ0v) is 8.07. The van der Waals surface area contributed by atoms with E-state index >= 15 is 0 Å². The minimum atomic E-state index is -0.176. The molecule has 2 heterocycles. The first-order valence-electron chi connectivity index (χ1n) is 4.99. The molecule has 0 aliphatic carbocycles. The van der Waals surface area contributed by atoms with E-state index in [0.717, 1.165) is 25.3 Å². The predicted octanol–water partition coefficient (Wildman–Crippen LogP) is 0.0920. The highest BCUT2D eigenvalue weighted by Gasteiger charge is 2.21. The van der Waals surface area contributed by atoms with Crippen LogP contribution in [-0.4, -0.2) is 30.3 Å². The van der Waals surface area contributed by atoms with Crippen LogP contribution in [0.4, 0.5) is 0 Å². The molecule has 1 aliphatic heterocycles. The zero-order valence-electron chi connectivity index (χ0n) is 8.07. The van der Waals surface area contributed by atoms with Crippen LogP contribution in [0.25, 0.3) is 0 Å². The summed E-state index contributed by atoms with van der Waals surface area (Å²) in [7, 11) is 0. The molecule has 4 heteroatoms. The van der Waals surface area contributed by atoms with Gasteiger partial charge in [-0.2, -0.15) is 0 Å². The highest BCUT2D eigenvalue weighted by Crippen LogP contribution is 2.05. The van der Waals surface area contributed by atoms with Crippen LogP contribution in [0.2, 0.25) is 0 Å². The molecule has 0 aromatic carbocycles. The lowest BCUT2D eigenvalue weighted by molar-refractivity contribution is 0.193. The first-order valence-corrected chi connectivity index (χ1v) is 4.99. The Labute approximate surface area is 83.3 Å². The second kappa shape index (κ2) is 4.59. The van der Waals surface area contributed by atoms with Crippen molar-refractivity contribution in [1.82, 2.24) is 10.6 Å². The van der Waals surface area contributed by atoms with Gasteiger partial charge in [0.15, 0.2) is 0 Å². The molecule has 78 valence electrons. The Kier molecular flexibility index (Phi) is 3.18. The van der Waals surface area contributed by atoms with Crippen LogP contribution in [0, 0.1) is 0 Å². The molecule has 0 radical (unpaired) electrons. The third kappa shape index (κ3) is 2.57. The monoisotopic (exact) mass is 196 g/mol. The van der Waals surface area contributed by atoms with Crippen LogP contribution in [-0.2, 0) is 6.54 Å². The largest absolute Gasteiger partial charge is 0.468 e. The van der Waals surface area contributed by atoms with Gasteiger partial charge in [0.2, 0.25) is 0 Å². The van der Waals surface area contributed by atoms with E-state index in [1.165, 1.54) is 0 Å². The van der Waals surface area contributed by atoms with Crippen molar-refractivity contribution in [3.05, 3.63) is 24.2 Å². The molecule has 3 N–H and O–H groups in total. The third-order valence-corrected chi connectivity index (χ3v) is 2.47. The molecule has 2 unspecified atom stereocenters. The fourth-order valence-corrected chi connectivity index (χ4v) is 1.74. The summed E-state index contributed by atoms with van der Waals surface area (Å²) in [6.45, 7) is 2.34. The van der Waals surface area contributed by atoms with Gasteiger partial charge < -0.3 is 20.2 Å². The van der Waals surface area contributed by atoms with Crippen molar-refractivity contribution < 1.29 is 9.52 Å². The maximum absolute atomic E-state index is 9.27. The molecule has 4 nitrogen and oxygen atoms in total. The molecule has 0 bridgehead atoms. The lowest BCUT2D eigenvalue weighted by Gasteiger charge is -2.09. The Balaban J connectivity index is 1.64. The number of hydrogen-bond donors (Lipinski definition) is 3. The van der Waals surface area contributed by atoms with Crippen molar-refractivity contribution >= 4 is 0 Å². The fraction of sp³-hybridized carbons (Fsp3) is 0.600. The maximum atomic E-state index is 9.27. The van der Waals surface area contributed by atoms with Crippen molar-refractivity contribution in [1.29, 1.82) is 0 Å². The van der Waals surface area contributed by atoms with Crippen molar-refractivity contribution in [3.8, 4) is 0 Å². The summed E-state index contributed by atoms with van der Waals surface area (Å²) in [4.78, 5) is 0. The van der Waals surface area contributed by atoms with E-state index in [1.54, 1.807) is 6.26 Å². The topological polar surface area (TPSA) is 57.4 Å². The average Bonchev–Trinajstić information content (AvgIpc) is 2.77. The zero-order chi connectivity index (χ0) is 9.80. The second-order valence-corrected chi connectivity index (χ2v) is 3.70. The standard InChI is InChI=1S/C10H16N2O2/c13-9-4-8(12-6-9)5-11-7-10-2-1-3-14-10/h1-3,8-9,11-13H,4-7H2. The van der Waals surface area contributed by atoms with Crippen molar-refractivity contribution in [3.63, 3.8) is 0 Å². The highest BCUT2D eigenvalue weighted by molar-refractivity contribution is 4.97. The summed E-state index contributed by atoms with van der Waals surface area (Å²) < 4.78 is 5.19. The molecule has 1 aliphatic rings. The molecule has 0 saturated carbocycles. The first kappa shape index (κ1) is 9.71. The van der Waals surface area contributed by atoms with Crippen LogP contribution in [0.15, 0.2) is 22.8 Å². The van der Waals surface area contributed by atoms with Crippen LogP contribution in [0.5, 0.6) is 0 Å². The van der Waals surface area contributed by atoms with Gasteiger partial charge in [-0.25, -0.2) is 0 Å². The van der Waals surface area contributed by atoms with E-state index in [-0.39, 0.29) is 6.10 Å². The average molecular weight is 196 g/mol. The van der Waals surface area contributed by atoms with Gasteiger partial charge in [0.1, 0.15) is 5.76 Å². The Morgan fingerprint density at radius 1 is 1.64 bits per heavy atom. The van der Waals surface area contributed by atoms with Gasteiger partial charge in [-0.05, 0) is 18.6 Å². The van der Waals surface area contributed by atoms with Gasteiger partial charge >= 0.3 is 0 Å². The first-order chi connectivity index (χ1) is 6.84. The summed E-state index contributed by atoms with van der Waals surface area (Å²) in [6.07, 6.45) is 2.34. The summed E-state index contributed by atoms with van der Waals surface area (Å²) in [5.74, 6) is 0.948. The highest BCUT2D eigenvalue weighted by atomic mass is 16.3. The molecule has 2 rings (SSSR count). The van der Waals surface area contributed by atoms with Crippen molar-refractivity contribution in [2.75, 3.05) is 13.1 Å². The van der Waals surface area contributed by atoms with Crippen molar-refractivity contribution in [2.45, 2.75) is 25.1 Å². The van der Waals surface area contributed by atoms with Crippen LogP contribution < -0.4 is 10.6 Å². The van der Waals surface area contributed by atoms with Crippen molar-refractivity contribution in [2.24, 2.45) is 0 Å². The van der Waals surface area contributed by atoms with Gasteiger partial charge in [-0.1, -0.05) is 0 Å². The molecule has 14 heavy (non-hydrogen) atoms. The molecule has 1 aromatic rings. The minimum Gasteiger partial charge on any atom is -0.468 e. The molecule has 1 fully saturated rings. The van der Waals surface area contributed by atoms with E-state index in [4.69, 9.17) is 4.42 Å². The number of aliphatic hydroxyl groups is 1. The van der Waals surface area contributed by atoms with E-state index in [2.05, 4.69) is 10.6 Å². The number of rotatable bonds is 4. The van der Waals surface area contributed by atoms with Gasteiger partial charge in [0.25, 0.3) is 0 Å². The summed E-state index contributed by atoms with van der Waals surface area (Å²) >= 11 is 0. The maximum Gasteiger partial charge on any atom is 0.117 e. The van der Waals surface area contributed by atoms with Crippen LogP contribution in [0.1, 0.15) is 12.2 Å². The van der Waals surface area contributed by atoms with Gasteiger partial charge in [-0.15, -0.1) is 0 Å². The van der Waals surface area contributed by atoms with Gasteiger partial charge in [0, 0.05) is 19.1 Å². The van der Waals surface area contributed by atoms with E-state index in [1.807, 2.05) is 12.1 Å². The van der Waals surface area contributed by atoms with E-state index in [9.17, 15) is 5.11 Å². The summed E-state index contributed by atoms with van der Waals surface area (Å²) in [5.41, 5.74) is 0. The molecular weight excluding hydrogens is 180 g/mol. The Hall–Kier alpha value is -0.840. The SMILES string of the molecule is OC1CNC(CNCc2ccco2)C1. The number of nitrogens with one attached hydrogen (secondary N) is 2.